The summed E-state index contributed by atoms with van der Waals surface area (Å²) >= 11 is 0. The summed E-state index contributed by atoms with van der Waals surface area (Å²) in [5.41, 5.74) is 0.294. The van der Waals surface area contributed by atoms with Crippen LogP contribution in [0.3, 0.4) is 0 Å². The van der Waals surface area contributed by atoms with Crippen LogP contribution in [0.4, 0.5) is 0 Å². The zero-order valence-corrected chi connectivity index (χ0v) is 7.14. The van der Waals surface area contributed by atoms with Crippen molar-refractivity contribution in [2.75, 3.05) is 0 Å². The van der Waals surface area contributed by atoms with E-state index in [0.717, 1.165) is 0 Å². The van der Waals surface area contributed by atoms with E-state index in [2.05, 4.69) is 0 Å². The molecule has 0 radical (unpaired) electrons. The van der Waals surface area contributed by atoms with Gasteiger partial charge in [-0.15, -0.1) is 0 Å². The van der Waals surface area contributed by atoms with Gasteiger partial charge in [-0.2, -0.15) is 0 Å². The summed E-state index contributed by atoms with van der Waals surface area (Å²) in [5, 5.41) is 19.5. The SMILES string of the molecule is O=C(O)C(=O)C=C([O-])c1ccccc1. The molecule has 0 aliphatic carbocycles. The van der Waals surface area contributed by atoms with Crippen LogP contribution in [-0.4, -0.2) is 16.9 Å². The van der Waals surface area contributed by atoms with Gasteiger partial charge in [0.2, 0.25) is 0 Å². The Kier molecular flexibility index (Phi) is 3.01. The summed E-state index contributed by atoms with van der Waals surface area (Å²) in [5.74, 6) is -3.44. The highest BCUT2D eigenvalue weighted by Crippen LogP contribution is 2.06. The normalized spacial score (nSPS) is 11.0. The van der Waals surface area contributed by atoms with Gasteiger partial charge in [0.1, 0.15) is 0 Å². The lowest BCUT2D eigenvalue weighted by Crippen LogP contribution is -2.13. The summed E-state index contributed by atoms with van der Waals surface area (Å²) in [4.78, 5) is 20.8. The Bertz CT molecular complexity index is 378. The number of hydrogen-bond acceptors (Lipinski definition) is 3. The third-order valence-corrected chi connectivity index (χ3v) is 1.53. The Morgan fingerprint density at radius 3 is 2.29 bits per heavy atom. The van der Waals surface area contributed by atoms with Crippen LogP contribution in [0.1, 0.15) is 5.56 Å². The number of carboxylic acid groups (broad SMARTS) is 1. The first kappa shape index (κ1) is 9.98. The molecule has 0 heterocycles. The lowest BCUT2D eigenvalue weighted by molar-refractivity contribution is -0.243. The molecule has 0 atom stereocenters. The van der Waals surface area contributed by atoms with Crippen molar-refractivity contribution < 1.29 is 19.8 Å². The van der Waals surface area contributed by atoms with E-state index in [4.69, 9.17) is 5.11 Å². The molecule has 0 aliphatic heterocycles. The summed E-state index contributed by atoms with van der Waals surface area (Å²) in [6.07, 6.45) is 0.567. The molecule has 0 fully saturated rings. The van der Waals surface area contributed by atoms with Gasteiger partial charge in [0.05, 0.1) is 0 Å². The van der Waals surface area contributed by atoms with E-state index in [1.165, 1.54) is 12.1 Å². The van der Waals surface area contributed by atoms with E-state index < -0.39 is 17.5 Å². The molecule has 72 valence electrons. The zero-order chi connectivity index (χ0) is 10.6. The molecule has 1 N–H and O–H groups in total. The molecule has 0 spiro atoms. The standard InChI is InChI=1S/C10H8O4/c11-8(6-9(12)10(13)14)7-4-2-1-3-5-7/h1-6,11H,(H,13,14)/p-1. The van der Waals surface area contributed by atoms with Crippen LogP contribution >= 0.6 is 0 Å². The second-order valence-corrected chi connectivity index (χ2v) is 2.54. The fourth-order valence-electron chi connectivity index (χ4n) is 0.867. The summed E-state index contributed by atoms with van der Waals surface area (Å²) in [7, 11) is 0. The minimum Gasteiger partial charge on any atom is -0.872 e. The molecular formula is C10H7O4-. The number of hydrogen-bond donors (Lipinski definition) is 1. The summed E-state index contributed by atoms with van der Waals surface area (Å²) in [6, 6.07) is 8.00. The van der Waals surface area contributed by atoms with Crippen LogP contribution in [0, 0.1) is 0 Å². The second kappa shape index (κ2) is 4.23. The molecule has 0 bridgehead atoms. The van der Waals surface area contributed by atoms with Crippen LogP contribution in [-0.2, 0) is 9.59 Å². The summed E-state index contributed by atoms with van der Waals surface area (Å²) in [6.45, 7) is 0. The van der Waals surface area contributed by atoms with Crippen molar-refractivity contribution in [3.63, 3.8) is 0 Å². The van der Waals surface area contributed by atoms with Gasteiger partial charge in [0.15, 0.2) is 0 Å². The number of aliphatic carboxylic acids is 1. The minimum absolute atomic E-state index is 0.294. The molecule has 0 aliphatic rings. The number of rotatable bonds is 3. The van der Waals surface area contributed by atoms with Crippen LogP contribution in [0.2, 0.25) is 0 Å². The molecule has 0 unspecified atom stereocenters. The predicted octanol–water partition coefficient (Wildman–Crippen LogP) is 0.0415. The van der Waals surface area contributed by atoms with E-state index in [1.807, 2.05) is 0 Å². The monoisotopic (exact) mass is 191 g/mol. The lowest BCUT2D eigenvalue weighted by Gasteiger charge is -2.10. The zero-order valence-electron chi connectivity index (χ0n) is 7.14. The van der Waals surface area contributed by atoms with Crippen LogP contribution in [0.25, 0.3) is 5.76 Å². The van der Waals surface area contributed by atoms with E-state index in [1.54, 1.807) is 18.2 Å². The maximum atomic E-state index is 11.2. The highest BCUT2D eigenvalue weighted by atomic mass is 16.4. The second-order valence-electron chi connectivity index (χ2n) is 2.54. The average Bonchev–Trinajstić information content (AvgIpc) is 2.19. The number of carbonyl (C=O) groups excluding carboxylic acids is 1. The molecule has 0 saturated heterocycles. The molecule has 1 aromatic carbocycles. The topological polar surface area (TPSA) is 77.4 Å². The quantitative estimate of drug-likeness (QED) is 0.415. The van der Waals surface area contributed by atoms with Gasteiger partial charge in [-0.3, -0.25) is 4.79 Å². The molecule has 0 aromatic heterocycles. The van der Waals surface area contributed by atoms with Crippen molar-refractivity contribution in [3.8, 4) is 0 Å². The van der Waals surface area contributed by atoms with E-state index >= 15 is 0 Å². The van der Waals surface area contributed by atoms with E-state index in [-0.39, 0.29) is 0 Å². The van der Waals surface area contributed by atoms with E-state index in [0.29, 0.717) is 11.6 Å². The molecule has 0 amide bonds. The van der Waals surface area contributed by atoms with Crippen LogP contribution in [0.15, 0.2) is 36.4 Å². The van der Waals surface area contributed by atoms with Crippen LogP contribution in [0.5, 0.6) is 0 Å². The van der Waals surface area contributed by atoms with Crippen molar-refractivity contribution >= 4 is 17.5 Å². The number of benzene rings is 1. The molecule has 4 heteroatoms. The first-order chi connectivity index (χ1) is 6.61. The minimum atomic E-state index is -1.63. The van der Waals surface area contributed by atoms with Crippen molar-refractivity contribution in [1.82, 2.24) is 0 Å². The number of carboxylic acids is 1. The van der Waals surface area contributed by atoms with Crippen molar-refractivity contribution in [2.45, 2.75) is 0 Å². The Morgan fingerprint density at radius 1 is 1.21 bits per heavy atom. The Balaban J connectivity index is 2.91. The maximum Gasteiger partial charge on any atom is 0.376 e. The molecule has 1 rings (SSSR count). The molecule has 4 nitrogen and oxygen atoms in total. The van der Waals surface area contributed by atoms with Gasteiger partial charge in [-0.25, -0.2) is 4.79 Å². The lowest BCUT2D eigenvalue weighted by atomic mass is 10.1. The highest BCUT2D eigenvalue weighted by molar-refractivity contribution is 6.38. The van der Waals surface area contributed by atoms with Gasteiger partial charge in [-0.05, 0) is 11.6 Å². The first-order valence-corrected chi connectivity index (χ1v) is 3.82. The van der Waals surface area contributed by atoms with Gasteiger partial charge < -0.3 is 10.2 Å². The fraction of sp³-hybridized carbons (Fsp3) is 0. The number of ketones is 1. The third kappa shape index (κ3) is 2.45. The maximum absolute atomic E-state index is 11.2. The third-order valence-electron chi connectivity index (χ3n) is 1.53. The average molecular weight is 191 g/mol. The smallest absolute Gasteiger partial charge is 0.376 e. The Morgan fingerprint density at radius 2 is 1.79 bits per heavy atom. The fourth-order valence-corrected chi connectivity index (χ4v) is 0.867. The predicted molar refractivity (Wildman–Crippen MR) is 47.1 cm³/mol. The number of carbonyl (C=O) groups is 2. The van der Waals surface area contributed by atoms with E-state index in [9.17, 15) is 14.7 Å². The van der Waals surface area contributed by atoms with Crippen molar-refractivity contribution in [2.24, 2.45) is 0 Å². The van der Waals surface area contributed by atoms with Gasteiger partial charge in [-0.1, -0.05) is 36.1 Å². The van der Waals surface area contributed by atoms with Crippen molar-refractivity contribution in [1.29, 1.82) is 0 Å². The van der Waals surface area contributed by atoms with Gasteiger partial charge in [0.25, 0.3) is 5.78 Å². The largest absolute Gasteiger partial charge is 0.872 e. The molecule has 14 heavy (non-hydrogen) atoms. The van der Waals surface area contributed by atoms with Gasteiger partial charge in [0, 0.05) is 0 Å². The molecule has 0 saturated carbocycles. The molecule has 1 aromatic rings. The van der Waals surface area contributed by atoms with Gasteiger partial charge >= 0.3 is 5.97 Å². The first-order valence-electron chi connectivity index (χ1n) is 3.82. The molecular weight excluding hydrogens is 184 g/mol. The van der Waals surface area contributed by atoms with Crippen molar-refractivity contribution in [3.05, 3.63) is 42.0 Å². The summed E-state index contributed by atoms with van der Waals surface area (Å²) < 4.78 is 0. The highest BCUT2D eigenvalue weighted by Gasteiger charge is 2.06. The Labute approximate surface area is 80.1 Å². The Hall–Kier alpha value is -2.10. The van der Waals surface area contributed by atoms with Crippen LogP contribution < -0.4 is 5.11 Å².